The van der Waals surface area contributed by atoms with Gasteiger partial charge in [-0.05, 0) is 31.2 Å². The van der Waals surface area contributed by atoms with Gasteiger partial charge < -0.3 is 0 Å². The second-order valence-corrected chi connectivity index (χ2v) is 6.27. The van der Waals surface area contributed by atoms with Gasteiger partial charge in [0.15, 0.2) is 11.6 Å². The molecule has 0 aliphatic rings. The Labute approximate surface area is 160 Å². The average molecular weight is 369 g/mol. The largest absolute Gasteiger partial charge is 0.294 e. The Bertz CT molecular complexity index is 1190. The summed E-state index contributed by atoms with van der Waals surface area (Å²) in [5.74, 6) is -0.460. The highest BCUT2D eigenvalue weighted by Crippen LogP contribution is 2.21. The lowest BCUT2D eigenvalue weighted by molar-refractivity contribution is 0.0993. The molecule has 0 amide bonds. The highest BCUT2D eigenvalue weighted by Gasteiger charge is 2.18. The monoisotopic (exact) mass is 369 g/mol. The second-order valence-electron chi connectivity index (χ2n) is 6.27. The van der Waals surface area contributed by atoms with E-state index in [0.717, 1.165) is 5.69 Å². The molecule has 7 heteroatoms. The van der Waals surface area contributed by atoms with Gasteiger partial charge in [0.2, 0.25) is 0 Å². The van der Waals surface area contributed by atoms with Crippen molar-refractivity contribution in [1.29, 1.82) is 0 Å². The maximum absolute atomic E-state index is 13.0. The summed E-state index contributed by atoms with van der Waals surface area (Å²) in [5, 5.41) is 0. The van der Waals surface area contributed by atoms with Crippen molar-refractivity contribution in [3.8, 4) is 0 Å². The highest BCUT2D eigenvalue weighted by molar-refractivity contribution is 6.14. The van der Waals surface area contributed by atoms with Gasteiger partial charge in [-0.25, -0.2) is 9.97 Å². The van der Waals surface area contributed by atoms with Gasteiger partial charge >= 0.3 is 0 Å². The third kappa shape index (κ3) is 3.50. The van der Waals surface area contributed by atoms with Crippen LogP contribution >= 0.6 is 0 Å². The number of ketones is 2. The van der Waals surface area contributed by atoms with Gasteiger partial charge in [0.1, 0.15) is 6.33 Å². The van der Waals surface area contributed by atoms with E-state index in [2.05, 4.69) is 24.9 Å². The lowest BCUT2D eigenvalue weighted by Gasteiger charge is -2.08. The number of aryl methyl sites for hydroxylation is 1. The van der Waals surface area contributed by atoms with E-state index in [1.807, 2.05) is 19.1 Å². The van der Waals surface area contributed by atoms with Crippen molar-refractivity contribution in [1.82, 2.24) is 24.9 Å². The van der Waals surface area contributed by atoms with E-state index in [4.69, 9.17) is 0 Å². The summed E-state index contributed by atoms with van der Waals surface area (Å²) in [4.78, 5) is 46.5. The fourth-order valence-corrected chi connectivity index (χ4v) is 2.96. The zero-order valence-corrected chi connectivity index (χ0v) is 15.0. The van der Waals surface area contributed by atoms with Crippen LogP contribution in [0.25, 0.3) is 11.0 Å². The van der Waals surface area contributed by atoms with Crippen molar-refractivity contribution < 1.29 is 9.59 Å². The zero-order chi connectivity index (χ0) is 19.5. The molecule has 0 spiro atoms. The minimum Gasteiger partial charge on any atom is -0.294 e. The van der Waals surface area contributed by atoms with E-state index in [-0.39, 0.29) is 18.0 Å². The number of rotatable bonds is 5. The van der Waals surface area contributed by atoms with Crippen LogP contribution in [0.5, 0.6) is 0 Å². The lowest BCUT2D eigenvalue weighted by atomic mass is 9.97. The average Bonchev–Trinajstić information content (AvgIpc) is 2.73. The minimum atomic E-state index is -0.282. The van der Waals surface area contributed by atoms with Gasteiger partial charge in [-0.1, -0.05) is 6.07 Å². The number of hydrogen-bond acceptors (Lipinski definition) is 7. The first-order valence-corrected chi connectivity index (χ1v) is 8.62. The maximum atomic E-state index is 13.0. The molecule has 4 rings (SSSR count). The number of aromatic nitrogens is 5. The molecular formula is C21H15N5O2. The molecule has 0 radical (unpaired) electrons. The number of carbonyl (C=O) groups excluding carboxylic acids is 2. The molecule has 4 aromatic rings. The Balaban J connectivity index is 1.78. The van der Waals surface area contributed by atoms with Crippen LogP contribution in [0.1, 0.15) is 37.7 Å². The number of fused-ring (bicyclic) bond motifs is 1. The normalized spacial score (nSPS) is 10.8. The van der Waals surface area contributed by atoms with E-state index >= 15 is 0 Å². The van der Waals surface area contributed by atoms with Gasteiger partial charge in [-0.3, -0.25) is 24.5 Å². The Morgan fingerprint density at radius 1 is 0.964 bits per heavy atom. The van der Waals surface area contributed by atoms with Gasteiger partial charge in [-0.15, -0.1) is 0 Å². The molecule has 0 aliphatic carbocycles. The van der Waals surface area contributed by atoms with E-state index in [1.165, 1.54) is 31.1 Å². The van der Waals surface area contributed by atoms with Crippen molar-refractivity contribution >= 4 is 22.6 Å². The molecule has 0 fully saturated rings. The lowest BCUT2D eigenvalue weighted by Crippen LogP contribution is -2.10. The number of nitrogens with zero attached hydrogens (tertiary/aromatic N) is 5. The van der Waals surface area contributed by atoms with Crippen LogP contribution in [-0.4, -0.2) is 36.5 Å². The predicted octanol–water partition coefficient (Wildman–Crippen LogP) is 2.78. The fraction of sp³-hybridized carbons (Fsp3) is 0.0952. The summed E-state index contributed by atoms with van der Waals surface area (Å²) in [7, 11) is 0. The quantitative estimate of drug-likeness (QED) is 0.499. The van der Waals surface area contributed by atoms with Gasteiger partial charge in [-0.2, -0.15) is 0 Å². The van der Waals surface area contributed by atoms with Crippen LogP contribution in [0.3, 0.4) is 0 Å². The molecule has 3 heterocycles. The molecule has 3 aromatic heterocycles. The Morgan fingerprint density at radius 3 is 2.54 bits per heavy atom. The van der Waals surface area contributed by atoms with Gasteiger partial charge in [0, 0.05) is 47.3 Å². The van der Waals surface area contributed by atoms with Crippen LogP contribution < -0.4 is 0 Å². The molecule has 0 unspecified atom stereocenters. The summed E-state index contributed by atoms with van der Waals surface area (Å²) >= 11 is 0. The number of Topliss-reactive ketones (excluding diaryl/α,β-unsaturated/α-hetero) is 1. The summed E-state index contributed by atoms with van der Waals surface area (Å²) in [6, 6.07) is 8.72. The Hall–Kier alpha value is -3.87. The van der Waals surface area contributed by atoms with Crippen LogP contribution in [-0.2, 0) is 6.42 Å². The zero-order valence-electron chi connectivity index (χ0n) is 15.0. The molecule has 0 aliphatic heterocycles. The molecule has 136 valence electrons. The number of carbonyl (C=O) groups is 2. The molecule has 7 nitrogen and oxygen atoms in total. The molecule has 0 saturated heterocycles. The fourth-order valence-electron chi connectivity index (χ4n) is 2.96. The van der Waals surface area contributed by atoms with Crippen molar-refractivity contribution in [3.05, 3.63) is 89.5 Å². The maximum Gasteiger partial charge on any atom is 0.196 e. The molecule has 28 heavy (non-hydrogen) atoms. The van der Waals surface area contributed by atoms with Crippen LogP contribution in [0.2, 0.25) is 0 Å². The molecule has 0 N–H and O–H groups in total. The van der Waals surface area contributed by atoms with Crippen LogP contribution in [0.4, 0.5) is 0 Å². The minimum absolute atomic E-state index is 0.111. The molecule has 0 saturated carbocycles. The summed E-state index contributed by atoms with van der Waals surface area (Å²) < 4.78 is 0. The summed E-state index contributed by atoms with van der Waals surface area (Å²) in [5.41, 5.74) is 3.45. The van der Waals surface area contributed by atoms with Crippen molar-refractivity contribution in [2.75, 3.05) is 0 Å². The third-order valence-electron chi connectivity index (χ3n) is 4.25. The summed E-state index contributed by atoms with van der Waals surface area (Å²) in [6.07, 6.45) is 7.39. The smallest absolute Gasteiger partial charge is 0.196 e. The SMILES string of the molecule is Cc1cccc(CC(=O)c2cc(C(=O)c3cncnc3)cc3nccnc23)n1. The third-order valence-corrected chi connectivity index (χ3v) is 4.25. The number of hydrogen-bond donors (Lipinski definition) is 0. The Kier molecular flexibility index (Phi) is 4.63. The highest BCUT2D eigenvalue weighted by atomic mass is 16.1. The van der Waals surface area contributed by atoms with Crippen molar-refractivity contribution in [2.24, 2.45) is 0 Å². The first-order chi connectivity index (χ1) is 13.6. The van der Waals surface area contributed by atoms with Crippen LogP contribution in [0.15, 0.2) is 61.4 Å². The molecule has 0 bridgehead atoms. The molecular weight excluding hydrogens is 354 g/mol. The number of benzene rings is 1. The topological polar surface area (TPSA) is 98.6 Å². The predicted molar refractivity (Wildman–Crippen MR) is 102 cm³/mol. The van der Waals surface area contributed by atoms with E-state index in [0.29, 0.717) is 33.4 Å². The van der Waals surface area contributed by atoms with Crippen LogP contribution in [0, 0.1) is 6.92 Å². The van der Waals surface area contributed by atoms with Crippen molar-refractivity contribution in [2.45, 2.75) is 13.3 Å². The molecule has 1 aromatic carbocycles. The van der Waals surface area contributed by atoms with E-state index in [9.17, 15) is 9.59 Å². The number of pyridine rings is 1. The van der Waals surface area contributed by atoms with Gasteiger partial charge in [0.25, 0.3) is 0 Å². The molecule has 0 atom stereocenters. The van der Waals surface area contributed by atoms with Crippen molar-refractivity contribution in [3.63, 3.8) is 0 Å². The Morgan fingerprint density at radius 2 is 1.75 bits per heavy atom. The van der Waals surface area contributed by atoms with E-state index < -0.39 is 0 Å². The van der Waals surface area contributed by atoms with E-state index in [1.54, 1.807) is 18.2 Å². The first kappa shape index (κ1) is 17.5. The second kappa shape index (κ2) is 7.40. The van der Waals surface area contributed by atoms with Gasteiger partial charge in [0.05, 0.1) is 23.0 Å². The standard InChI is InChI=1S/C21H15N5O2/c1-13-3-2-4-16(26-13)9-19(27)17-7-14(8-18-20(17)25-6-5-24-18)21(28)15-10-22-12-23-11-15/h2-8,10-12H,9H2,1H3. The summed E-state index contributed by atoms with van der Waals surface area (Å²) in [6.45, 7) is 1.87. The first-order valence-electron chi connectivity index (χ1n) is 8.62.